The molecule has 1 saturated carbocycles. The maximum Gasteiger partial charge on any atom is 0.413 e. The van der Waals surface area contributed by atoms with Crippen molar-refractivity contribution in [2.24, 2.45) is 5.41 Å². The summed E-state index contributed by atoms with van der Waals surface area (Å²) < 4.78 is 42.8. The molecule has 13 heteroatoms. The van der Waals surface area contributed by atoms with Gasteiger partial charge in [-0.1, -0.05) is 61.3 Å². The molecular weight excluding hydrogens is 612 g/mol. The number of nitriles is 1. The first-order valence-corrected chi connectivity index (χ1v) is 14.6. The minimum atomic E-state index is -4.47. The lowest BCUT2D eigenvalue weighted by Crippen LogP contribution is -2.35. The van der Waals surface area contributed by atoms with Crippen molar-refractivity contribution in [3.8, 4) is 6.07 Å². The van der Waals surface area contributed by atoms with Crippen molar-refractivity contribution in [3.63, 3.8) is 0 Å². The molecule has 2 aromatic carbocycles. The lowest BCUT2D eigenvalue weighted by molar-refractivity contribution is -0.182. The first-order valence-electron chi connectivity index (χ1n) is 13.9. The molecule has 6 rings (SSSR count). The van der Waals surface area contributed by atoms with Crippen LogP contribution in [0, 0.1) is 16.7 Å². The molecule has 0 spiro atoms. The molecule has 0 radical (unpaired) electrons. The molecule has 0 unspecified atom stereocenters. The maximum atomic E-state index is 14.0. The summed E-state index contributed by atoms with van der Waals surface area (Å²) in [6, 6.07) is 12.0. The number of hydrogen-bond donors (Lipinski definition) is 2. The van der Waals surface area contributed by atoms with Gasteiger partial charge >= 0.3 is 6.18 Å². The summed E-state index contributed by atoms with van der Waals surface area (Å²) in [5, 5.41) is 26.9. The Kier molecular flexibility index (Phi) is 7.33. The molecular formula is C31H27Cl2F3N8. The van der Waals surface area contributed by atoms with Crippen LogP contribution < -0.4 is 10.6 Å². The van der Waals surface area contributed by atoms with Gasteiger partial charge in [-0.2, -0.15) is 18.4 Å². The van der Waals surface area contributed by atoms with Gasteiger partial charge in [-0.05, 0) is 48.1 Å². The number of hydrogen-bond acceptors (Lipinski definition) is 7. The highest BCUT2D eigenvalue weighted by Crippen LogP contribution is 2.55. The number of halogens is 5. The van der Waals surface area contributed by atoms with Crippen molar-refractivity contribution >= 4 is 56.4 Å². The first-order chi connectivity index (χ1) is 20.8. The van der Waals surface area contributed by atoms with Gasteiger partial charge in [0, 0.05) is 35.4 Å². The fourth-order valence-electron chi connectivity index (χ4n) is 5.24. The minimum Gasteiger partial charge on any atom is -0.383 e. The van der Waals surface area contributed by atoms with Crippen LogP contribution in [0.1, 0.15) is 56.5 Å². The van der Waals surface area contributed by atoms with Gasteiger partial charge in [0.15, 0.2) is 5.54 Å². The molecule has 5 aromatic rings. The number of fused-ring (bicyclic) bond motifs is 2. The van der Waals surface area contributed by atoms with Gasteiger partial charge in [0.05, 0.1) is 44.6 Å². The van der Waals surface area contributed by atoms with E-state index in [-0.39, 0.29) is 24.0 Å². The Morgan fingerprint density at radius 3 is 2.48 bits per heavy atom. The van der Waals surface area contributed by atoms with Crippen molar-refractivity contribution in [1.82, 2.24) is 25.0 Å². The molecule has 3 aromatic heterocycles. The molecule has 44 heavy (non-hydrogen) atoms. The number of nitrogens with one attached hydrogen (secondary N) is 2. The highest BCUT2D eigenvalue weighted by molar-refractivity contribution is 6.36. The third kappa shape index (κ3) is 5.37. The SMILES string of the molecule is CC(C)(C)CNc1c(C#N)cnc2c(Cl)cc(N[C@H](c3cn(C4(C(F)(F)F)CC4)nn3)c3ccc(Cl)c4ncccc34)cc12. The Bertz CT molecular complexity index is 1940. The van der Waals surface area contributed by atoms with Crippen LogP contribution in [-0.2, 0) is 5.54 Å². The van der Waals surface area contributed by atoms with E-state index in [2.05, 4.69) is 57.8 Å². The standard InChI is InChI=1S/C31H27Cl2F3N8/c1-29(2,3)16-40-25-17(13-37)14-39-27-21(25)11-18(12-23(27)33)41-28(20-6-7-22(32)26-19(20)5-4-10-38-26)24-15-44(43-42-24)30(8-9-30)31(34,35)36/h4-7,10-12,14-15,28,41H,8-9,16H2,1-3H3,(H,39,40)/t28-/m0/s1. The van der Waals surface area contributed by atoms with Crippen LogP contribution in [0.15, 0.2) is 55.0 Å². The Labute approximate surface area is 261 Å². The van der Waals surface area contributed by atoms with Crippen LogP contribution in [0.25, 0.3) is 21.8 Å². The predicted octanol–water partition coefficient (Wildman–Crippen LogP) is 8.26. The van der Waals surface area contributed by atoms with Crippen LogP contribution in [0.3, 0.4) is 0 Å². The van der Waals surface area contributed by atoms with Crippen molar-refractivity contribution in [2.75, 3.05) is 17.2 Å². The number of nitrogens with zero attached hydrogens (tertiary/aromatic N) is 6. The molecule has 226 valence electrons. The fourth-order valence-corrected chi connectivity index (χ4v) is 5.72. The largest absolute Gasteiger partial charge is 0.413 e. The molecule has 1 fully saturated rings. The Balaban J connectivity index is 1.50. The number of rotatable bonds is 7. The monoisotopic (exact) mass is 638 g/mol. The fraction of sp³-hybridized carbons (Fsp3) is 0.323. The third-order valence-electron chi connectivity index (χ3n) is 7.71. The normalized spacial score (nSPS) is 15.2. The topological polar surface area (TPSA) is 104 Å². The predicted molar refractivity (Wildman–Crippen MR) is 165 cm³/mol. The molecule has 1 atom stereocenters. The van der Waals surface area contributed by atoms with Crippen LogP contribution in [0.2, 0.25) is 10.0 Å². The van der Waals surface area contributed by atoms with E-state index in [1.54, 1.807) is 30.5 Å². The van der Waals surface area contributed by atoms with E-state index in [0.717, 1.165) is 4.68 Å². The number of pyridine rings is 2. The van der Waals surface area contributed by atoms with E-state index >= 15 is 0 Å². The summed E-state index contributed by atoms with van der Waals surface area (Å²) in [6.07, 6.45) is -0.163. The summed E-state index contributed by atoms with van der Waals surface area (Å²) in [5.74, 6) is 0. The van der Waals surface area contributed by atoms with Crippen molar-refractivity contribution in [3.05, 3.63) is 81.9 Å². The van der Waals surface area contributed by atoms with E-state index < -0.39 is 17.8 Å². The molecule has 3 heterocycles. The highest BCUT2D eigenvalue weighted by atomic mass is 35.5. The maximum absolute atomic E-state index is 14.0. The summed E-state index contributed by atoms with van der Waals surface area (Å²) in [5.41, 5.74) is 1.29. The van der Waals surface area contributed by atoms with Crippen LogP contribution in [0.4, 0.5) is 24.5 Å². The third-order valence-corrected chi connectivity index (χ3v) is 8.31. The van der Waals surface area contributed by atoms with Gasteiger partial charge in [0.25, 0.3) is 0 Å². The van der Waals surface area contributed by atoms with Gasteiger partial charge in [0.1, 0.15) is 11.8 Å². The van der Waals surface area contributed by atoms with Crippen molar-refractivity contribution in [1.29, 1.82) is 5.26 Å². The van der Waals surface area contributed by atoms with Gasteiger partial charge in [-0.3, -0.25) is 9.97 Å². The first kappa shape index (κ1) is 29.9. The Hall–Kier alpha value is -4.14. The van der Waals surface area contributed by atoms with Gasteiger partial charge < -0.3 is 10.6 Å². The number of anilines is 2. The summed E-state index contributed by atoms with van der Waals surface area (Å²) in [6.45, 7) is 6.79. The van der Waals surface area contributed by atoms with E-state index in [9.17, 15) is 18.4 Å². The molecule has 1 aliphatic rings. The second-order valence-electron chi connectivity index (χ2n) is 12.2. The van der Waals surface area contributed by atoms with Crippen molar-refractivity contribution < 1.29 is 13.2 Å². The zero-order chi connectivity index (χ0) is 31.4. The summed E-state index contributed by atoms with van der Waals surface area (Å²) in [4.78, 5) is 8.85. The Morgan fingerprint density at radius 2 is 1.80 bits per heavy atom. The van der Waals surface area contributed by atoms with Crippen LogP contribution in [-0.4, -0.2) is 37.7 Å². The van der Waals surface area contributed by atoms with Gasteiger partial charge in [-0.25, -0.2) is 4.68 Å². The van der Waals surface area contributed by atoms with E-state index in [1.165, 1.54) is 12.4 Å². The van der Waals surface area contributed by atoms with Crippen LogP contribution in [0.5, 0.6) is 0 Å². The Morgan fingerprint density at radius 1 is 1.05 bits per heavy atom. The molecule has 0 bridgehead atoms. The molecule has 0 amide bonds. The average molecular weight is 640 g/mol. The van der Waals surface area contributed by atoms with Gasteiger partial charge in [-0.15, -0.1) is 5.10 Å². The zero-order valence-electron chi connectivity index (χ0n) is 24.0. The zero-order valence-corrected chi connectivity index (χ0v) is 25.5. The van der Waals surface area contributed by atoms with Gasteiger partial charge in [0.2, 0.25) is 0 Å². The lowest BCUT2D eigenvalue weighted by atomic mass is 9.96. The number of aromatic nitrogens is 5. The lowest BCUT2D eigenvalue weighted by Gasteiger charge is -2.23. The second-order valence-corrected chi connectivity index (χ2v) is 13.0. The van der Waals surface area contributed by atoms with E-state index in [0.29, 0.717) is 60.9 Å². The molecule has 8 nitrogen and oxygen atoms in total. The van der Waals surface area contributed by atoms with Crippen LogP contribution >= 0.6 is 23.2 Å². The minimum absolute atomic E-state index is 0.0654. The quantitative estimate of drug-likeness (QED) is 0.185. The van der Waals surface area contributed by atoms with E-state index in [4.69, 9.17) is 23.2 Å². The molecule has 0 saturated heterocycles. The summed E-state index contributed by atoms with van der Waals surface area (Å²) >= 11 is 13.2. The highest BCUT2D eigenvalue weighted by Gasteiger charge is 2.66. The second kappa shape index (κ2) is 10.8. The molecule has 1 aliphatic carbocycles. The summed E-state index contributed by atoms with van der Waals surface area (Å²) in [7, 11) is 0. The smallest absolute Gasteiger partial charge is 0.383 e. The number of benzene rings is 2. The number of alkyl halides is 3. The molecule has 2 N–H and O–H groups in total. The van der Waals surface area contributed by atoms with E-state index in [1.807, 2.05) is 12.1 Å². The average Bonchev–Trinajstić information content (AvgIpc) is 3.66. The van der Waals surface area contributed by atoms with Crippen molar-refractivity contribution in [2.45, 2.75) is 51.4 Å². The molecule has 0 aliphatic heterocycles.